The molecule has 0 amide bonds. The predicted molar refractivity (Wildman–Crippen MR) is 76.0 cm³/mol. The Balaban J connectivity index is 1.73. The number of rotatable bonds is 8. The second kappa shape index (κ2) is 7.22. The van der Waals surface area contributed by atoms with E-state index in [1.54, 1.807) is 11.3 Å². The molecule has 0 spiro atoms. The van der Waals surface area contributed by atoms with Crippen LogP contribution in [0.3, 0.4) is 0 Å². The molecular weight excluding hydrogens is 244 g/mol. The summed E-state index contributed by atoms with van der Waals surface area (Å²) in [6.45, 7) is 6.17. The van der Waals surface area contributed by atoms with Crippen LogP contribution in [0, 0.1) is 5.92 Å². The lowest BCUT2D eigenvalue weighted by Crippen LogP contribution is -2.39. The van der Waals surface area contributed by atoms with Gasteiger partial charge in [0.1, 0.15) is 0 Å². The molecule has 4 heteroatoms. The van der Waals surface area contributed by atoms with E-state index in [2.05, 4.69) is 24.1 Å². The summed E-state index contributed by atoms with van der Waals surface area (Å²) in [5, 5.41) is 3.60. The van der Waals surface area contributed by atoms with Gasteiger partial charge in [0.05, 0.1) is 11.6 Å². The average Bonchev–Trinajstić information content (AvgIpc) is 2.79. The fourth-order valence-electron chi connectivity index (χ4n) is 2.75. The maximum Gasteiger partial charge on any atom is 0.0794 e. The summed E-state index contributed by atoms with van der Waals surface area (Å²) in [7, 11) is 0. The summed E-state index contributed by atoms with van der Waals surface area (Å²) in [6, 6.07) is 0.600. The standard InChI is InChI=1S/C14H24N2OS/c1-3-16-12(8-14-9-15-10-18-14)5-11-6-13(7-11)17-4-2/h9-13,16H,3-8H2,1-2H3. The van der Waals surface area contributed by atoms with Crippen molar-refractivity contribution in [2.24, 2.45) is 5.92 Å². The number of ether oxygens (including phenoxy) is 1. The number of hydrogen-bond acceptors (Lipinski definition) is 4. The zero-order valence-electron chi connectivity index (χ0n) is 11.4. The van der Waals surface area contributed by atoms with E-state index in [-0.39, 0.29) is 0 Å². The Morgan fingerprint density at radius 1 is 1.50 bits per heavy atom. The molecule has 0 aromatic carbocycles. The molecule has 1 atom stereocenters. The molecular formula is C14H24N2OS. The Morgan fingerprint density at radius 2 is 2.33 bits per heavy atom. The van der Waals surface area contributed by atoms with E-state index in [0.717, 1.165) is 25.5 Å². The van der Waals surface area contributed by atoms with E-state index < -0.39 is 0 Å². The summed E-state index contributed by atoms with van der Waals surface area (Å²) in [5.74, 6) is 0.846. The molecule has 102 valence electrons. The van der Waals surface area contributed by atoms with E-state index in [4.69, 9.17) is 4.74 Å². The van der Waals surface area contributed by atoms with Gasteiger partial charge in [-0.1, -0.05) is 6.92 Å². The van der Waals surface area contributed by atoms with Gasteiger partial charge in [-0.15, -0.1) is 11.3 Å². The number of nitrogens with zero attached hydrogens (tertiary/aromatic N) is 1. The normalized spacial score (nSPS) is 24.8. The van der Waals surface area contributed by atoms with Gasteiger partial charge in [-0.3, -0.25) is 4.98 Å². The highest BCUT2D eigenvalue weighted by molar-refractivity contribution is 7.09. The first-order valence-corrected chi connectivity index (χ1v) is 7.92. The van der Waals surface area contributed by atoms with Crippen LogP contribution in [0.4, 0.5) is 0 Å². The third-order valence-corrected chi connectivity index (χ3v) is 4.44. The Morgan fingerprint density at radius 3 is 2.94 bits per heavy atom. The fourth-order valence-corrected chi connectivity index (χ4v) is 3.43. The minimum atomic E-state index is 0.533. The fraction of sp³-hybridized carbons (Fsp3) is 0.786. The largest absolute Gasteiger partial charge is 0.378 e. The number of hydrogen-bond donors (Lipinski definition) is 1. The molecule has 1 aromatic heterocycles. The van der Waals surface area contributed by atoms with Crippen LogP contribution >= 0.6 is 11.3 Å². The van der Waals surface area contributed by atoms with Gasteiger partial charge in [0.15, 0.2) is 0 Å². The summed E-state index contributed by atoms with van der Waals surface area (Å²) < 4.78 is 5.63. The number of thiazole rings is 1. The Labute approximate surface area is 114 Å². The third-order valence-electron chi connectivity index (χ3n) is 3.64. The second-order valence-corrected chi connectivity index (χ2v) is 6.05. The van der Waals surface area contributed by atoms with E-state index in [1.165, 1.54) is 24.1 Å². The highest BCUT2D eigenvalue weighted by atomic mass is 32.1. The van der Waals surface area contributed by atoms with Crippen LogP contribution in [0.1, 0.15) is 38.0 Å². The van der Waals surface area contributed by atoms with Gasteiger partial charge in [0, 0.05) is 23.7 Å². The molecule has 0 bridgehead atoms. The highest BCUT2D eigenvalue weighted by Crippen LogP contribution is 2.34. The number of aromatic nitrogens is 1. The summed E-state index contributed by atoms with van der Waals surface area (Å²) in [4.78, 5) is 5.55. The molecule has 1 aromatic rings. The summed E-state index contributed by atoms with van der Waals surface area (Å²) in [6.07, 6.45) is 7.42. The molecule has 1 fully saturated rings. The topological polar surface area (TPSA) is 34.2 Å². The van der Waals surface area contributed by atoms with Gasteiger partial charge in [-0.05, 0) is 45.1 Å². The van der Waals surface area contributed by atoms with Crippen LogP contribution in [0.25, 0.3) is 0 Å². The molecule has 3 nitrogen and oxygen atoms in total. The van der Waals surface area contributed by atoms with Crippen LogP contribution < -0.4 is 5.32 Å². The lowest BCUT2D eigenvalue weighted by atomic mass is 9.77. The van der Waals surface area contributed by atoms with E-state index in [0.29, 0.717) is 12.1 Å². The molecule has 1 heterocycles. The van der Waals surface area contributed by atoms with Crippen LogP contribution in [0.15, 0.2) is 11.7 Å². The van der Waals surface area contributed by atoms with Crippen molar-refractivity contribution in [1.29, 1.82) is 0 Å². The van der Waals surface area contributed by atoms with Gasteiger partial charge >= 0.3 is 0 Å². The Bertz CT molecular complexity index is 323. The van der Waals surface area contributed by atoms with Gasteiger partial charge in [-0.25, -0.2) is 0 Å². The molecule has 0 aliphatic heterocycles. The Hall–Kier alpha value is -0.450. The minimum absolute atomic E-state index is 0.533. The molecule has 0 saturated heterocycles. The van der Waals surface area contributed by atoms with Crippen LogP contribution in [0.2, 0.25) is 0 Å². The van der Waals surface area contributed by atoms with Crippen molar-refractivity contribution in [3.8, 4) is 0 Å². The maximum absolute atomic E-state index is 5.63. The van der Waals surface area contributed by atoms with Gasteiger partial charge in [0.25, 0.3) is 0 Å². The van der Waals surface area contributed by atoms with E-state index >= 15 is 0 Å². The van der Waals surface area contributed by atoms with Gasteiger partial charge in [-0.2, -0.15) is 0 Å². The summed E-state index contributed by atoms with van der Waals surface area (Å²) >= 11 is 1.76. The lowest BCUT2D eigenvalue weighted by Gasteiger charge is -2.37. The maximum atomic E-state index is 5.63. The van der Waals surface area contributed by atoms with Crippen molar-refractivity contribution >= 4 is 11.3 Å². The van der Waals surface area contributed by atoms with Crippen molar-refractivity contribution < 1.29 is 4.74 Å². The Kier molecular flexibility index (Phi) is 5.60. The third kappa shape index (κ3) is 4.04. The molecule has 1 unspecified atom stereocenters. The van der Waals surface area contributed by atoms with Crippen LogP contribution in [-0.4, -0.2) is 30.3 Å². The van der Waals surface area contributed by atoms with Crippen molar-refractivity contribution in [3.05, 3.63) is 16.6 Å². The van der Waals surface area contributed by atoms with Crippen molar-refractivity contribution in [3.63, 3.8) is 0 Å². The molecule has 1 aliphatic carbocycles. The molecule has 18 heavy (non-hydrogen) atoms. The number of nitrogens with one attached hydrogen (secondary N) is 1. The van der Waals surface area contributed by atoms with Crippen LogP contribution in [-0.2, 0) is 11.2 Å². The van der Waals surface area contributed by atoms with E-state index in [1.807, 2.05) is 11.7 Å². The van der Waals surface area contributed by atoms with E-state index in [9.17, 15) is 0 Å². The molecule has 1 N–H and O–H groups in total. The SMILES string of the molecule is CCNC(Cc1cncs1)CC1CC(OCC)C1. The van der Waals surface area contributed by atoms with Gasteiger partial charge < -0.3 is 10.1 Å². The monoisotopic (exact) mass is 268 g/mol. The first-order chi connectivity index (χ1) is 8.81. The van der Waals surface area contributed by atoms with Gasteiger partial charge in [0.2, 0.25) is 0 Å². The van der Waals surface area contributed by atoms with Crippen molar-refractivity contribution in [1.82, 2.24) is 10.3 Å². The average molecular weight is 268 g/mol. The van der Waals surface area contributed by atoms with Crippen LogP contribution in [0.5, 0.6) is 0 Å². The van der Waals surface area contributed by atoms with Crippen molar-refractivity contribution in [2.75, 3.05) is 13.2 Å². The molecule has 1 saturated carbocycles. The zero-order valence-corrected chi connectivity index (χ0v) is 12.2. The minimum Gasteiger partial charge on any atom is -0.378 e. The first-order valence-electron chi connectivity index (χ1n) is 7.04. The molecule has 0 radical (unpaired) electrons. The predicted octanol–water partition coefficient (Wildman–Crippen LogP) is 2.87. The number of likely N-dealkylation sites (N-methyl/N-ethyl adjacent to an activating group) is 1. The molecule has 1 aliphatic rings. The highest BCUT2D eigenvalue weighted by Gasteiger charge is 2.31. The second-order valence-electron chi connectivity index (χ2n) is 5.08. The quantitative estimate of drug-likeness (QED) is 0.787. The van der Waals surface area contributed by atoms with Crippen molar-refractivity contribution in [2.45, 2.75) is 51.7 Å². The first kappa shape index (κ1) is 14.0. The summed E-state index contributed by atoms with van der Waals surface area (Å²) in [5.41, 5.74) is 1.92. The smallest absolute Gasteiger partial charge is 0.0794 e. The lowest BCUT2D eigenvalue weighted by molar-refractivity contribution is -0.0289. The molecule has 2 rings (SSSR count). The zero-order chi connectivity index (χ0) is 12.8.